The Morgan fingerprint density at radius 3 is 3.11 bits per heavy atom. The topological polar surface area (TPSA) is 37.0 Å². The van der Waals surface area contributed by atoms with E-state index in [-0.39, 0.29) is 0 Å². The van der Waals surface area contributed by atoms with E-state index in [9.17, 15) is 0 Å². The largest absolute Gasteiger partial charge is 0.382 e. The molecule has 0 aliphatic carbocycles. The van der Waals surface area contributed by atoms with Crippen LogP contribution in [0.2, 0.25) is 5.02 Å². The number of halogens is 1. The van der Waals surface area contributed by atoms with Crippen molar-refractivity contribution in [2.45, 2.75) is 25.3 Å². The molecule has 1 aromatic heterocycles. The summed E-state index contributed by atoms with van der Waals surface area (Å²) in [6.45, 7) is 2.21. The maximum absolute atomic E-state index is 6.20. The zero-order valence-electron chi connectivity index (χ0n) is 10.8. The van der Waals surface area contributed by atoms with Gasteiger partial charge in [0.1, 0.15) is 0 Å². The molecule has 1 fully saturated rings. The van der Waals surface area contributed by atoms with Crippen LogP contribution in [-0.4, -0.2) is 24.1 Å². The Morgan fingerprint density at radius 2 is 2.16 bits per heavy atom. The summed E-state index contributed by atoms with van der Waals surface area (Å²) >= 11 is 6.20. The van der Waals surface area contributed by atoms with Crippen molar-refractivity contribution < 1.29 is 0 Å². The molecule has 100 valence electrons. The highest BCUT2D eigenvalue weighted by molar-refractivity contribution is 6.35. The third-order valence-corrected chi connectivity index (χ3v) is 3.96. The number of aromatic nitrogens is 1. The number of benzene rings is 1. The van der Waals surface area contributed by atoms with E-state index in [1.807, 2.05) is 12.1 Å². The number of hydrogen-bond acceptors (Lipinski definition) is 3. The van der Waals surface area contributed by atoms with Crippen molar-refractivity contribution in [2.24, 2.45) is 0 Å². The average Bonchev–Trinajstić information content (AvgIpc) is 2.71. The molecular formula is C15H18ClN3. The molecular weight excluding hydrogens is 258 g/mol. The first-order valence-corrected chi connectivity index (χ1v) is 7.23. The number of hydrogen-bond donors (Lipinski definition) is 2. The molecule has 1 atom stereocenters. The lowest BCUT2D eigenvalue weighted by molar-refractivity contribution is 0.638. The quantitative estimate of drug-likeness (QED) is 0.882. The second kappa shape index (κ2) is 5.76. The van der Waals surface area contributed by atoms with Crippen molar-refractivity contribution in [3.8, 4) is 0 Å². The normalized spacial score (nSPS) is 20.2. The van der Waals surface area contributed by atoms with Crippen molar-refractivity contribution in [1.29, 1.82) is 0 Å². The molecule has 0 saturated carbocycles. The number of pyridine rings is 1. The van der Waals surface area contributed by atoms with Gasteiger partial charge in [-0.05, 0) is 56.6 Å². The number of rotatable bonds is 2. The highest BCUT2D eigenvalue weighted by Gasteiger charge is 2.13. The lowest BCUT2D eigenvalue weighted by Crippen LogP contribution is -2.21. The SMILES string of the molecule is Clc1ccc(NC2CCCNCC2)c2cccnc12. The van der Waals surface area contributed by atoms with Crippen molar-refractivity contribution >= 4 is 28.2 Å². The van der Waals surface area contributed by atoms with Gasteiger partial charge in [0.05, 0.1) is 10.5 Å². The number of nitrogens with one attached hydrogen (secondary N) is 2. The summed E-state index contributed by atoms with van der Waals surface area (Å²) in [6.07, 6.45) is 5.37. The molecule has 1 aliphatic rings. The summed E-state index contributed by atoms with van der Waals surface area (Å²) in [4.78, 5) is 4.37. The molecule has 3 rings (SSSR count). The van der Waals surface area contributed by atoms with E-state index in [2.05, 4.69) is 27.8 Å². The Labute approximate surface area is 118 Å². The van der Waals surface area contributed by atoms with Crippen molar-refractivity contribution in [2.75, 3.05) is 18.4 Å². The Kier molecular flexibility index (Phi) is 3.85. The monoisotopic (exact) mass is 275 g/mol. The van der Waals surface area contributed by atoms with Crippen LogP contribution in [0.15, 0.2) is 30.5 Å². The van der Waals surface area contributed by atoms with Gasteiger partial charge in [0.2, 0.25) is 0 Å². The van der Waals surface area contributed by atoms with E-state index < -0.39 is 0 Å². The van der Waals surface area contributed by atoms with Crippen LogP contribution in [0, 0.1) is 0 Å². The Balaban J connectivity index is 1.90. The van der Waals surface area contributed by atoms with Crippen LogP contribution in [-0.2, 0) is 0 Å². The molecule has 4 heteroatoms. The highest BCUT2D eigenvalue weighted by atomic mass is 35.5. The average molecular weight is 276 g/mol. The van der Waals surface area contributed by atoms with Gasteiger partial charge in [-0.3, -0.25) is 4.98 Å². The highest BCUT2D eigenvalue weighted by Crippen LogP contribution is 2.29. The maximum atomic E-state index is 6.20. The molecule has 0 bridgehead atoms. The van der Waals surface area contributed by atoms with Crippen molar-refractivity contribution in [1.82, 2.24) is 10.3 Å². The van der Waals surface area contributed by atoms with Crippen molar-refractivity contribution in [3.05, 3.63) is 35.5 Å². The zero-order valence-corrected chi connectivity index (χ0v) is 11.6. The standard InChI is InChI=1S/C15H18ClN3/c16-13-5-6-14(12-4-2-9-18-15(12)13)19-11-3-1-8-17-10-7-11/h2,4-6,9,11,17,19H,1,3,7-8,10H2. The second-order valence-electron chi connectivity index (χ2n) is 5.02. The van der Waals surface area contributed by atoms with Gasteiger partial charge in [0.15, 0.2) is 0 Å². The summed E-state index contributed by atoms with van der Waals surface area (Å²) in [7, 11) is 0. The Morgan fingerprint density at radius 1 is 1.21 bits per heavy atom. The molecule has 19 heavy (non-hydrogen) atoms. The predicted octanol–water partition coefficient (Wildman–Crippen LogP) is 3.44. The molecule has 3 nitrogen and oxygen atoms in total. The van der Waals surface area contributed by atoms with Gasteiger partial charge in [0.25, 0.3) is 0 Å². The predicted molar refractivity (Wildman–Crippen MR) is 80.9 cm³/mol. The lowest BCUT2D eigenvalue weighted by Gasteiger charge is -2.19. The van der Waals surface area contributed by atoms with Gasteiger partial charge in [-0.2, -0.15) is 0 Å². The number of anilines is 1. The summed E-state index contributed by atoms with van der Waals surface area (Å²) in [6, 6.07) is 8.54. The van der Waals surface area contributed by atoms with Crippen LogP contribution in [0.25, 0.3) is 10.9 Å². The fourth-order valence-electron chi connectivity index (χ4n) is 2.65. The van der Waals surface area contributed by atoms with E-state index in [1.54, 1.807) is 6.20 Å². The summed E-state index contributed by atoms with van der Waals surface area (Å²) in [5.74, 6) is 0. The van der Waals surface area contributed by atoms with E-state index in [1.165, 1.54) is 12.8 Å². The fourth-order valence-corrected chi connectivity index (χ4v) is 2.86. The van der Waals surface area contributed by atoms with Gasteiger partial charge < -0.3 is 10.6 Å². The van der Waals surface area contributed by atoms with Crippen LogP contribution in [0.1, 0.15) is 19.3 Å². The molecule has 0 amide bonds. The van der Waals surface area contributed by atoms with Crippen LogP contribution < -0.4 is 10.6 Å². The molecule has 2 N–H and O–H groups in total. The van der Waals surface area contributed by atoms with E-state index in [0.717, 1.165) is 36.1 Å². The second-order valence-corrected chi connectivity index (χ2v) is 5.42. The first-order chi connectivity index (χ1) is 9.34. The first-order valence-electron chi connectivity index (χ1n) is 6.85. The lowest BCUT2D eigenvalue weighted by atomic mass is 10.1. The van der Waals surface area contributed by atoms with Gasteiger partial charge in [0, 0.05) is 23.3 Å². The molecule has 1 aromatic carbocycles. The third-order valence-electron chi connectivity index (χ3n) is 3.66. The van der Waals surface area contributed by atoms with Crippen LogP contribution in [0.5, 0.6) is 0 Å². The number of fused-ring (bicyclic) bond motifs is 1. The molecule has 2 aromatic rings. The molecule has 0 spiro atoms. The summed E-state index contributed by atoms with van der Waals surface area (Å²) in [5.41, 5.74) is 2.01. The van der Waals surface area contributed by atoms with Crippen LogP contribution in [0.4, 0.5) is 5.69 Å². The summed E-state index contributed by atoms with van der Waals surface area (Å²) < 4.78 is 0. The fraction of sp³-hybridized carbons (Fsp3) is 0.400. The smallest absolute Gasteiger partial charge is 0.0908 e. The van der Waals surface area contributed by atoms with Gasteiger partial charge >= 0.3 is 0 Å². The van der Waals surface area contributed by atoms with Crippen LogP contribution in [0.3, 0.4) is 0 Å². The zero-order chi connectivity index (χ0) is 13.1. The van der Waals surface area contributed by atoms with Crippen molar-refractivity contribution in [3.63, 3.8) is 0 Å². The van der Waals surface area contributed by atoms with E-state index >= 15 is 0 Å². The van der Waals surface area contributed by atoms with E-state index in [0.29, 0.717) is 11.1 Å². The van der Waals surface area contributed by atoms with Gasteiger partial charge in [-0.1, -0.05) is 11.6 Å². The maximum Gasteiger partial charge on any atom is 0.0908 e. The van der Waals surface area contributed by atoms with Gasteiger partial charge in [-0.15, -0.1) is 0 Å². The molecule has 2 heterocycles. The first kappa shape index (κ1) is 12.7. The molecule has 0 radical (unpaired) electrons. The molecule has 1 saturated heterocycles. The minimum atomic E-state index is 0.527. The minimum absolute atomic E-state index is 0.527. The molecule has 1 unspecified atom stereocenters. The van der Waals surface area contributed by atoms with Gasteiger partial charge in [-0.25, -0.2) is 0 Å². The van der Waals surface area contributed by atoms with Crippen LogP contribution >= 0.6 is 11.6 Å². The Bertz CT molecular complexity index is 562. The third kappa shape index (κ3) is 2.82. The Hall–Kier alpha value is -1.32. The summed E-state index contributed by atoms with van der Waals surface area (Å²) in [5, 5.41) is 8.90. The minimum Gasteiger partial charge on any atom is -0.382 e. The molecule has 1 aliphatic heterocycles. The van der Waals surface area contributed by atoms with E-state index in [4.69, 9.17) is 11.6 Å². The number of nitrogens with zero attached hydrogens (tertiary/aromatic N) is 1.